The maximum absolute atomic E-state index is 12.9. The highest BCUT2D eigenvalue weighted by atomic mass is 19.1. The summed E-state index contributed by atoms with van der Waals surface area (Å²) in [5.74, 6) is -1.66. The Labute approximate surface area is 87.3 Å². The molecule has 0 saturated heterocycles. The molecule has 15 heavy (non-hydrogen) atoms. The summed E-state index contributed by atoms with van der Waals surface area (Å²) in [5.41, 5.74) is 0.863. The van der Waals surface area contributed by atoms with Crippen LogP contribution in [0, 0.1) is 0 Å². The molecule has 0 spiro atoms. The highest BCUT2D eigenvalue weighted by Gasteiger charge is 2.21. The van der Waals surface area contributed by atoms with Crippen molar-refractivity contribution in [2.75, 3.05) is 0 Å². The molecule has 0 saturated carbocycles. The average Bonchev–Trinajstić information content (AvgIpc) is 2.26. The first kappa shape index (κ1) is 11.4. The van der Waals surface area contributed by atoms with Gasteiger partial charge in [0.05, 0.1) is 0 Å². The number of carbonyl (C=O) groups excluding carboxylic acids is 2. The van der Waals surface area contributed by atoms with E-state index in [0.29, 0.717) is 0 Å². The van der Waals surface area contributed by atoms with Gasteiger partial charge in [-0.25, -0.2) is 4.39 Å². The van der Waals surface area contributed by atoms with Gasteiger partial charge in [-0.05, 0) is 12.5 Å². The van der Waals surface area contributed by atoms with Gasteiger partial charge in [0.15, 0.2) is 5.78 Å². The van der Waals surface area contributed by atoms with Crippen LogP contribution < -0.4 is 5.32 Å². The van der Waals surface area contributed by atoms with Gasteiger partial charge < -0.3 is 5.32 Å². The second-order valence-electron chi connectivity index (χ2n) is 3.18. The molecule has 0 radical (unpaired) electrons. The fraction of sp³-hybridized carbons (Fsp3) is 0.273. The predicted molar refractivity (Wildman–Crippen MR) is 53.9 cm³/mol. The Morgan fingerprint density at radius 2 is 1.93 bits per heavy atom. The van der Waals surface area contributed by atoms with Gasteiger partial charge in [0.1, 0.15) is 0 Å². The molecular weight excluding hydrogens is 197 g/mol. The number of amides is 1. The van der Waals surface area contributed by atoms with E-state index in [1.807, 2.05) is 18.2 Å². The van der Waals surface area contributed by atoms with Crippen LogP contribution in [0.15, 0.2) is 30.3 Å². The monoisotopic (exact) mass is 209 g/mol. The Kier molecular flexibility index (Phi) is 3.97. The summed E-state index contributed by atoms with van der Waals surface area (Å²) in [7, 11) is 0. The minimum atomic E-state index is -2.06. The number of nitrogens with one attached hydrogen (secondary N) is 1. The number of hydrogen-bond donors (Lipinski definition) is 1. The van der Waals surface area contributed by atoms with E-state index < -0.39 is 17.9 Å². The first-order valence-corrected chi connectivity index (χ1v) is 4.57. The number of benzene rings is 1. The van der Waals surface area contributed by atoms with Crippen LogP contribution in [0.25, 0.3) is 0 Å². The maximum atomic E-state index is 12.9. The topological polar surface area (TPSA) is 46.2 Å². The molecule has 1 aromatic rings. The van der Waals surface area contributed by atoms with E-state index in [-0.39, 0.29) is 6.54 Å². The molecule has 0 aliphatic rings. The van der Waals surface area contributed by atoms with Crippen LogP contribution in [0.4, 0.5) is 4.39 Å². The lowest BCUT2D eigenvalue weighted by Crippen LogP contribution is -2.35. The minimum Gasteiger partial charge on any atom is -0.349 e. The van der Waals surface area contributed by atoms with Crippen molar-refractivity contribution >= 4 is 11.7 Å². The van der Waals surface area contributed by atoms with E-state index in [0.717, 1.165) is 12.5 Å². The van der Waals surface area contributed by atoms with Crippen molar-refractivity contribution in [3.8, 4) is 0 Å². The van der Waals surface area contributed by atoms with Gasteiger partial charge in [-0.1, -0.05) is 30.3 Å². The highest BCUT2D eigenvalue weighted by Crippen LogP contribution is 1.99. The van der Waals surface area contributed by atoms with Crippen molar-refractivity contribution in [1.82, 2.24) is 5.32 Å². The van der Waals surface area contributed by atoms with Crippen molar-refractivity contribution in [2.45, 2.75) is 19.6 Å². The van der Waals surface area contributed by atoms with Crippen LogP contribution in [0.5, 0.6) is 0 Å². The number of hydrogen-bond acceptors (Lipinski definition) is 2. The van der Waals surface area contributed by atoms with Crippen molar-refractivity contribution in [3.63, 3.8) is 0 Å². The number of ketones is 1. The summed E-state index contributed by atoms with van der Waals surface area (Å²) in [5, 5.41) is 2.35. The third-order valence-corrected chi connectivity index (χ3v) is 1.90. The molecule has 1 unspecified atom stereocenters. The number of Topliss-reactive ketones (excluding diaryl/α,β-unsaturated/α-hetero) is 1. The molecule has 0 aromatic heterocycles. The van der Waals surface area contributed by atoms with Gasteiger partial charge in [0, 0.05) is 6.54 Å². The van der Waals surface area contributed by atoms with E-state index in [1.54, 1.807) is 12.1 Å². The molecular formula is C11H12FNO2. The zero-order valence-electron chi connectivity index (χ0n) is 8.37. The van der Waals surface area contributed by atoms with E-state index in [4.69, 9.17) is 0 Å². The fourth-order valence-electron chi connectivity index (χ4n) is 1.06. The maximum Gasteiger partial charge on any atom is 0.262 e. The third-order valence-electron chi connectivity index (χ3n) is 1.90. The standard InChI is InChI=1S/C11H12FNO2/c1-8(14)10(12)11(15)13-7-9-5-3-2-4-6-9/h2-6,10H,7H2,1H3,(H,13,15). The lowest BCUT2D eigenvalue weighted by Gasteiger charge is -2.06. The Hall–Kier alpha value is -1.71. The third kappa shape index (κ3) is 3.50. The lowest BCUT2D eigenvalue weighted by molar-refractivity contribution is -0.134. The fourth-order valence-corrected chi connectivity index (χ4v) is 1.06. The summed E-state index contributed by atoms with van der Waals surface area (Å²) in [6, 6.07) is 9.10. The van der Waals surface area contributed by atoms with E-state index in [2.05, 4.69) is 5.32 Å². The first-order valence-electron chi connectivity index (χ1n) is 4.57. The molecule has 1 atom stereocenters. The van der Waals surface area contributed by atoms with Crippen LogP contribution >= 0.6 is 0 Å². The van der Waals surface area contributed by atoms with Gasteiger partial charge >= 0.3 is 0 Å². The van der Waals surface area contributed by atoms with Crippen LogP contribution in [-0.2, 0) is 16.1 Å². The van der Waals surface area contributed by atoms with Crippen LogP contribution in [0.2, 0.25) is 0 Å². The Balaban J connectivity index is 2.44. The SMILES string of the molecule is CC(=O)C(F)C(=O)NCc1ccccc1. The molecule has 1 aromatic carbocycles. The molecule has 0 fully saturated rings. The van der Waals surface area contributed by atoms with Crippen molar-refractivity contribution in [1.29, 1.82) is 0 Å². The van der Waals surface area contributed by atoms with Gasteiger partial charge in [0.2, 0.25) is 6.17 Å². The van der Waals surface area contributed by atoms with Gasteiger partial charge in [-0.3, -0.25) is 9.59 Å². The molecule has 1 N–H and O–H groups in total. The molecule has 1 amide bonds. The van der Waals surface area contributed by atoms with Gasteiger partial charge in [-0.2, -0.15) is 0 Å². The van der Waals surface area contributed by atoms with Crippen LogP contribution in [0.3, 0.4) is 0 Å². The molecule has 0 aliphatic heterocycles. The minimum absolute atomic E-state index is 0.230. The number of carbonyl (C=O) groups is 2. The summed E-state index contributed by atoms with van der Waals surface area (Å²) in [4.78, 5) is 21.6. The number of rotatable bonds is 4. The molecule has 1 rings (SSSR count). The Morgan fingerprint density at radius 1 is 1.33 bits per heavy atom. The number of alkyl halides is 1. The molecule has 4 heteroatoms. The first-order chi connectivity index (χ1) is 7.11. The quantitative estimate of drug-likeness (QED) is 0.758. The summed E-state index contributed by atoms with van der Waals surface area (Å²) < 4.78 is 12.9. The molecule has 80 valence electrons. The predicted octanol–water partition coefficient (Wildman–Crippen LogP) is 1.23. The average molecular weight is 209 g/mol. The highest BCUT2D eigenvalue weighted by molar-refractivity contribution is 6.02. The molecule has 0 aliphatic carbocycles. The molecule has 0 heterocycles. The zero-order chi connectivity index (χ0) is 11.3. The normalized spacial score (nSPS) is 11.9. The van der Waals surface area contributed by atoms with E-state index in [1.165, 1.54) is 0 Å². The second-order valence-corrected chi connectivity index (χ2v) is 3.18. The van der Waals surface area contributed by atoms with Gasteiger partial charge in [-0.15, -0.1) is 0 Å². The summed E-state index contributed by atoms with van der Waals surface area (Å²) in [6.45, 7) is 1.28. The summed E-state index contributed by atoms with van der Waals surface area (Å²) in [6.07, 6.45) is -2.06. The Morgan fingerprint density at radius 3 is 2.47 bits per heavy atom. The van der Waals surface area contributed by atoms with E-state index in [9.17, 15) is 14.0 Å². The largest absolute Gasteiger partial charge is 0.349 e. The van der Waals surface area contributed by atoms with Crippen molar-refractivity contribution in [2.24, 2.45) is 0 Å². The smallest absolute Gasteiger partial charge is 0.262 e. The summed E-state index contributed by atoms with van der Waals surface area (Å²) >= 11 is 0. The van der Waals surface area contributed by atoms with Crippen LogP contribution in [-0.4, -0.2) is 17.9 Å². The van der Waals surface area contributed by atoms with Crippen molar-refractivity contribution < 1.29 is 14.0 Å². The van der Waals surface area contributed by atoms with Crippen molar-refractivity contribution in [3.05, 3.63) is 35.9 Å². The second kappa shape index (κ2) is 5.24. The van der Waals surface area contributed by atoms with Gasteiger partial charge in [0.25, 0.3) is 5.91 Å². The number of halogens is 1. The Bertz CT molecular complexity index is 351. The van der Waals surface area contributed by atoms with Crippen LogP contribution in [0.1, 0.15) is 12.5 Å². The zero-order valence-corrected chi connectivity index (χ0v) is 8.37. The van der Waals surface area contributed by atoms with E-state index >= 15 is 0 Å². The molecule has 0 bridgehead atoms. The molecule has 3 nitrogen and oxygen atoms in total. The lowest BCUT2D eigenvalue weighted by atomic mass is 10.2.